The Morgan fingerprint density at radius 2 is 1.74 bits per heavy atom. The van der Waals surface area contributed by atoms with E-state index in [1.807, 2.05) is 12.1 Å². The van der Waals surface area contributed by atoms with Gasteiger partial charge < -0.3 is 26.0 Å². The van der Waals surface area contributed by atoms with Gasteiger partial charge in [-0.2, -0.15) is 0 Å². The summed E-state index contributed by atoms with van der Waals surface area (Å²) in [7, 11) is 2.14. The number of nitrogens with one attached hydrogen (secondary N) is 1. The van der Waals surface area contributed by atoms with Gasteiger partial charge in [-0.25, -0.2) is 5.84 Å². The third kappa shape index (κ3) is 5.82. The second-order valence-corrected chi connectivity index (χ2v) is 9.24. The molecular formula is C26H35N7O2. The summed E-state index contributed by atoms with van der Waals surface area (Å²) < 4.78 is 5.31. The van der Waals surface area contributed by atoms with Crippen LogP contribution in [0.1, 0.15) is 40.2 Å². The zero-order chi connectivity index (χ0) is 24.9. The molecular weight excluding hydrogens is 442 g/mol. The number of carbonyl (C=O) groups is 1. The standard InChI is InChI=1S/C26H35N7O2/c1-31-10-8-18(9-11-31)20-4-7-23(27)22(16-20)25(29)24(28)17-33(30)21-5-2-19(3-6-21)26(34)32-12-14-35-15-13-32/h2-7,16-18,29H,8-15,27-28,30H2,1H3/b24-17-,29-25?. The van der Waals surface area contributed by atoms with Gasteiger partial charge in [0.1, 0.15) is 0 Å². The van der Waals surface area contributed by atoms with E-state index in [-0.39, 0.29) is 17.3 Å². The molecule has 2 aromatic carbocycles. The van der Waals surface area contributed by atoms with Gasteiger partial charge in [0, 0.05) is 36.1 Å². The minimum Gasteiger partial charge on any atom is -0.398 e. The van der Waals surface area contributed by atoms with Crippen molar-refractivity contribution in [3.8, 4) is 0 Å². The lowest BCUT2D eigenvalue weighted by atomic mass is 9.87. The van der Waals surface area contributed by atoms with Gasteiger partial charge in [-0.1, -0.05) is 6.07 Å². The Morgan fingerprint density at radius 3 is 2.40 bits per heavy atom. The monoisotopic (exact) mass is 477 g/mol. The van der Waals surface area contributed by atoms with E-state index in [4.69, 9.17) is 27.5 Å². The van der Waals surface area contributed by atoms with Gasteiger partial charge in [0.2, 0.25) is 0 Å². The fourth-order valence-electron chi connectivity index (χ4n) is 4.56. The van der Waals surface area contributed by atoms with E-state index < -0.39 is 0 Å². The summed E-state index contributed by atoms with van der Waals surface area (Å²) in [5.41, 5.74) is 16.3. The van der Waals surface area contributed by atoms with E-state index in [1.54, 1.807) is 29.2 Å². The van der Waals surface area contributed by atoms with Gasteiger partial charge in [0.05, 0.1) is 30.3 Å². The minimum absolute atomic E-state index is 0.0276. The number of hydrogen-bond donors (Lipinski definition) is 4. The van der Waals surface area contributed by atoms with Crippen LogP contribution in [0.25, 0.3) is 0 Å². The highest BCUT2D eigenvalue weighted by Gasteiger charge is 2.21. The summed E-state index contributed by atoms with van der Waals surface area (Å²) in [5, 5.41) is 10.0. The number of allylic oxidation sites excluding steroid dienone is 1. The van der Waals surface area contributed by atoms with Gasteiger partial charge >= 0.3 is 0 Å². The molecule has 4 rings (SSSR count). The first-order chi connectivity index (χ1) is 16.8. The Morgan fingerprint density at radius 1 is 1.09 bits per heavy atom. The van der Waals surface area contributed by atoms with E-state index >= 15 is 0 Å². The van der Waals surface area contributed by atoms with Crippen LogP contribution in [0, 0.1) is 5.41 Å². The van der Waals surface area contributed by atoms with E-state index in [0.717, 1.165) is 25.9 Å². The first kappa shape index (κ1) is 24.7. The molecule has 0 aliphatic carbocycles. The lowest BCUT2D eigenvalue weighted by Crippen LogP contribution is -2.40. The van der Waals surface area contributed by atoms with Gasteiger partial charge in [-0.15, -0.1) is 0 Å². The third-order valence-electron chi connectivity index (χ3n) is 6.81. The Labute approximate surface area is 206 Å². The van der Waals surface area contributed by atoms with Crippen LogP contribution in [-0.2, 0) is 4.74 Å². The Kier molecular flexibility index (Phi) is 7.70. The average molecular weight is 478 g/mol. The molecule has 2 heterocycles. The molecule has 9 nitrogen and oxygen atoms in total. The maximum atomic E-state index is 12.6. The number of anilines is 2. The van der Waals surface area contributed by atoms with Crippen LogP contribution < -0.4 is 22.3 Å². The number of hydrogen-bond acceptors (Lipinski definition) is 8. The number of benzene rings is 2. The van der Waals surface area contributed by atoms with Crippen molar-refractivity contribution in [1.29, 1.82) is 5.41 Å². The number of hydrazine groups is 1. The smallest absolute Gasteiger partial charge is 0.254 e. The largest absolute Gasteiger partial charge is 0.398 e. The zero-order valence-corrected chi connectivity index (χ0v) is 20.2. The van der Waals surface area contributed by atoms with Gasteiger partial charge in [-0.05, 0) is 80.9 Å². The lowest BCUT2D eigenvalue weighted by molar-refractivity contribution is 0.0303. The van der Waals surface area contributed by atoms with Crippen molar-refractivity contribution in [1.82, 2.24) is 9.80 Å². The summed E-state index contributed by atoms with van der Waals surface area (Å²) in [6.45, 7) is 4.41. The summed E-state index contributed by atoms with van der Waals surface area (Å²) in [5.74, 6) is 6.64. The topological polar surface area (TPSA) is 138 Å². The quantitative estimate of drug-likeness (QED) is 0.216. The molecule has 0 spiro atoms. The molecule has 2 fully saturated rings. The van der Waals surface area contributed by atoms with Crippen molar-refractivity contribution in [3.63, 3.8) is 0 Å². The van der Waals surface area contributed by atoms with Crippen LogP contribution >= 0.6 is 0 Å². The predicted octanol–water partition coefficient (Wildman–Crippen LogP) is 2.10. The van der Waals surface area contributed by atoms with Gasteiger partial charge in [0.25, 0.3) is 5.91 Å². The molecule has 0 bridgehead atoms. The van der Waals surface area contributed by atoms with Crippen LogP contribution in [0.15, 0.2) is 54.4 Å². The number of nitrogen functional groups attached to an aromatic ring is 1. The molecule has 2 aromatic rings. The third-order valence-corrected chi connectivity index (χ3v) is 6.81. The first-order valence-corrected chi connectivity index (χ1v) is 12.0. The minimum atomic E-state index is -0.0276. The number of likely N-dealkylation sites (tertiary alicyclic amines) is 1. The van der Waals surface area contributed by atoms with Crippen LogP contribution in [0.5, 0.6) is 0 Å². The molecule has 2 aliphatic heterocycles. The van der Waals surface area contributed by atoms with E-state index in [9.17, 15) is 4.79 Å². The van der Waals surface area contributed by atoms with E-state index in [2.05, 4.69) is 18.0 Å². The number of amides is 1. The molecule has 9 heteroatoms. The molecule has 0 saturated carbocycles. The zero-order valence-electron chi connectivity index (χ0n) is 20.2. The Bertz CT molecular complexity index is 1090. The van der Waals surface area contributed by atoms with Crippen LogP contribution in [0.4, 0.5) is 11.4 Å². The van der Waals surface area contributed by atoms with Crippen LogP contribution in [0.3, 0.4) is 0 Å². The highest BCUT2D eigenvalue weighted by atomic mass is 16.5. The van der Waals surface area contributed by atoms with Gasteiger partial charge in [-0.3, -0.25) is 15.2 Å². The van der Waals surface area contributed by atoms with Crippen molar-refractivity contribution < 1.29 is 9.53 Å². The highest BCUT2D eigenvalue weighted by molar-refractivity contribution is 6.13. The Hall–Kier alpha value is -3.40. The maximum absolute atomic E-state index is 12.6. The van der Waals surface area contributed by atoms with Crippen LogP contribution in [0.2, 0.25) is 0 Å². The lowest BCUT2D eigenvalue weighted by Gasteiger charge is -2.29. The van der Waals surface area contributed by atoms with E-state index in [0.29, 0.717) is 54.7 Å². The number of piperidine rings is 1. The summed E-state index contributed by atoms with van der Waals surface area (Å²) in [4.78, 5) is 16.8. The van der Waals surface area contributed by atoms with Crippen molar-refractivity contribution in [2.75, 3.05) is 57.2 Å². The van der Waals surface area contributed by atoms with Crippen molar-refractivity contribution in [2.45, 2.75) is 18.8 Å². The average Bonchev–Trinajstić information content (AvgIpc) is 2.89. The molecule has 1 amide bonds. The number of ether oxygens (including phenoxy) is 1. The Balaban J connectivity index is 1.45. The maximum Gasteiger partial charge on any atom is 0.254 e. The highest BCUT2D eigenvalue weighted by Crippen LogP contribution is 2.30. The SMILES string of the molecule is CN1CCC(c2ccc(N)c(C(=N)/C(N)=C/N(N)c3ccc(C(=O)N4CCOCC4)cc3)c2)CC1. The number of rotatable bonds is 6. The molecule has 0 radical (unpaired) electrons. The summed E-state index contributed by atoms with van der Waals surface area (Å²) >= 11 is 0. The molecule has 0 unspecified atom stereocenters. The second kappa shape index (κ2) is 10.9. The first-order valence-electron chi connectivity index (χ1n) is 12.0. The van der Waals surface area contributed by atoms with Crippen LogP contribution in [-0.4, -0.2) is 67.9 Å². The number of morpholine rings is 1. The fraction of sp³-hybridized carbons (Fsp3) is 0.385. The van der Waals surface area contributed by atoms with Gasteiger partial charge in [0.15, 0.2) is 0 Å². The van der Waals surface area contributed by atoms with Crippen molar-refractivity contribution in [2.24, 2.45) is 11.6 Å². The fourth-order valence-corrected chi connectivity index (χ4v) is 4.56. The van der Waals surface area contributed by atoms with Crippen molar-refractivity contribution in [3.05, 3.63) is 71.1 Å². The molecule has 0 aromatic heterocycles. The number of nitrogens with zero attached hydrogens (tertiary/aromatic N) is 3. The molecule has 0 atom stereocenters. The van der Waals surface area contributed by atoms with E-state index in [1.165, 1.54) is 16.8 Å². The molecule has 7 N–H and O–H groups in total. The normalized spacial score (nSPS) is 17.9. The van der Waals surface area contributed by atoms with Crippen molar-refractivity contribution >= 4 is 23.0 Å². The summed E-state index contributed by atoms with van der Waals surface area (Å²) in [6, 6.07) is 12.9. The number of nitrogens with two attached hydrogens (primary N) is 3. The predicted molar refractivity (Wildman–Crippen MR) is 139 cm³/mol. The number of carbonyl (C=O) groups excluding carboxylic acids is 1. The molecule has 2 saturated heterocycles. The molecule has 2 aliphatic rings. The second-order valence-electron chi connectivity index (χ2n) is 9.24. The molecule has 186 valence electrons. The summed E-state index contributed by atoms with van der Waals surface area (Å²) in [6.07, 6.45) is 3.67. The molecule has 35 heavy (non-hydrogen) atoms.